The minimum atomic E-state index is -0.165. The van der Waals surface area contributed by atoms with Crippen LogP contribution in [0.25, 0.3) is 0 Å². The lowest BCUT2D eigenvalue weighted by molar-refractivity contribution is 0.612. The third-order valence-electron chi connectivity index (χ3n) is 3.44. The number of benzene rings is 2. The minimum Gasteiger partial charge on any atom is -0.327 e. The molecule has 0 aliphatic rings. The Kier molecular flexibility index (Phi) is 5.90. The van der Waals surface area contributed by atoms with Crippen molar-refractivity contribution >= 4 is 0 Å². The van der Waals surface area contributed by atoms with Gasteiger partial charge in [-0.25, -0.2) is 4.39 Å². The molecule has 1 atom stereocenters. The maximum Gasteiger partial charge on any atom is 0.126 e. The van der Waals surface area contributed by atoms with Gasteiger partial charge < -0.3 is 11.1 Å². The van der Waals surface area contributed by atoms with E-state index in [4.69, 9.17) is 5.73 Å². The second kappa shape index (κ2) is 7.91. The van der Waals surface area contributed by atoms with Crippen LogP contribution in [0.15, 0.2) is 48.5 Å². The van der Waals surface area contributed by atoms with Crippen molar-refractivity contribution in [1.82, 2.24) is 5.32 Å². The highest BCUT2D eigenvalue weighted by Gasteiger charge is 2.06. The minimum absolute atomic E-state index is 0.0737. The molecule has 0 unspecified atom stereocenters. The number of aryl methyl sites for hydroxylation is 1. The van der Waals surface area contributed by atoms with Gasteiger partial charge in [-0.3, -0.25) is 0 Å². The maximum absolute atomic E-state index is 13.5. The van der Waals surface area contributed by atoms with Crippen LogP contribution in [0.5, 0.6) is 0 Å². The summed E-state index contributed by atoms with van der Waals surface area (Å²) in [6.07, 6.45) is 2.69. The Morgan fingerprint density at radius 1 is 1.14 bits per heavy atom. The first-order valence-electron chi connectivity index (χ1n) is 7.24. The van der Waals surface area contributed by atoms with Crippen LogP contribution in [-0.4, -0.2) is 12.6 Å². The molecule has 0 amide bonds. The Balaban J connectivity index is 1.70. The van der Waals surface area contributed by atoms with E-state index in [1.807, 2.05) is 30.7 Å². The molecule has 0 heterocycles. The normalized spacial score (nSPS) is 12.3. The highest BCUT2D eigenvalue weighted by atomic mass is 19.1. The standard InChI is InChI=1S/C18H22FN2/c1-14-7-8-16(12-18(14)19)11-17(20)9-10-21-13-15-5-3-2-4-6-15/h2-9,12,17,21H,10-11,13,20H2,1H3/t17-/m0/s1. The molecule has 21 heavy (non-hydrogen) atoms. The summed E-state index contributed by atoms with van der Waals surface area (Å²) in [5.41, 5.74) is 8.91. The molecule has 3 heteroatoms. The lowest BCUT2D eigenvalue weighted by atomic mass is 10.0. The van der Waals surface area contributed by atoms with Gasteiger partial charge in [-0.2, -0.15) is 0 Å². The third-order valence-corrected chi connectivity index (χ3v) is 3.44. The van der Waals surface area contributed by atoms with Gasteiger partial charge in [0.1, 0.15) is 5.82 Å². The van der Waals surface area contributed by atoms with Gasteiger partial charge in [0, 0.05) is 19.1 Å². The summed E-state index contributed by atoms with van der Waals surface area (Å²) in [5, 5.41) is 3.33. The molecule has 0 aromatic heterocycles. The summed E-state index contributed by atoms with van der Waals surface area (Å²) >= 11 is 0. The van der Waals surface area contributed by atoms with Crippen molar-refractivity contribution in [1.29, 1.82) is 0 Å². The molecule has 3 N–H and O–H groups in total. The van der Waals surface area contributed by atoms with Gasteiger partial charge in [-0.05, 0) is 42.5 Å². The average molecular weight is 285 g/mol. The molecule has 0 bridgehead atoms. The van der Waals surface area contributed by atoms with E-state index in [0.717, 1.165) is 18.7 Å². The Morgan fingerprint density at radius 2 is 1.90 bits per heavy atom. The topological polar surface area (TPSA) is 38.0 Å². The highest BCUT2D eigenvalue weighted by molar-refractivity contribution is 5.24. The zero-order valence-corrected chi connectivity index (χ0v) is 12.4. The van der Waals surface area contributed by atoms with Gasteiger partial charge in [0.15, 0.2) is 0 Å². The Bertz CT molecular complexity index is 554. The molecule has 2 nitrogen and oxygen atoms in total. The summed E-state index contributed by atoms with van der Waals surface area (Å²) in [6, 6.07) is 15.5. The summed E-state index contributed by atoms with van der Waals surface area (Å²) in [5.74, 6) is -0.165. The maximum atomic E-state index is 13.5. The van der Waals surface area contributed by atoms with E-state index < -0.39 is 0 Å². The van der Waals surface area contributed by atoms with Crippen molar-refractivity contribution < 1.29 is 4.39 Å². The molecule has 0 aliphatic carbocycles. The molecule has 0 fully saturated rings. The monoisotopic (exact) mass is 285 g/mol. The average Bonchev–Trinajstić information content (AvgIpc) is 2.49. The van der Waals surface area contributed by atoms with Crippen LogP contribution in [0.1, 0.15) is 16.7 Å². The fourth-order valence-corrected chi connectivity index (χ4v) is 2.17. The van der Waals surface area contributed by atoms with E-state index in [9.17, 15) is 4.39 Å². The summed E-state index contributed by atoms with van der Waals surface area (Å²) in [6.45, 7) is 3.33. The summed E-state index contributed by atoms with van der Waals surface area (Å²) < 4.78 is 13.5. The number of halogens is 1. The highest BCUT2D eigenvalue weighted by Crippen LogP contribution is 2.11. The number of hydrogen-bond donors (Lipinski definition) is 2. The number of nitrogens with two attached hydrogens (primary N) is 1. The summed E-state index contributed by atoms with van der Waals surface area (Å²) in [4.78, 5) is 0. The predicted octanol–water partition coefficient (Wildman–Crippen LogP) is 3.00. The molecule has 0 saturated heterocycles. The zero-order chi connectivity index (χ0) is 15.1. The lowest BCUT2D eigenvalue weighted by Crippen LogP contribution is -2.29. The van der Waals surface area contributed by atoms with Gasteiger partial charge in [0.2, 0.25) is 0 Å². The smallest absolute Gasteiger partial charge is 0.126 e. The predicted molar refractivity (Wildman–Crippen MR) is 85.3 cm³/mol. The quantitative estimate of drug-likeness (QED) is 0.768. The molecule has 0 saturated carbocycles. The lowest BCUT2D eigenvalue weighted by Gasteiger charge is -2.12. The van der Waals surface area contributed by atoms with Gasteiger partial charge >= 0.3 is 0 Å². The first-order valence-corrected chi connectivity index (χ1v) is 7.24. The second-order valence-electron chi connectivity index (χ2n) is 5.30. The first kappa shape index (κ1) is 15.7. The second-order valence-corrected chi connectivity index (χ2v) is 5.30. The third kappa shape index (κ3) is 5.29. The van der Waals surface area contributed by atoms with Crippen molar-refractivity contribution in [3.8, 4) is 0 Å². The molecule has 0 spiro atoms. The molecule has 2 rings (SSSR count). The van der Waals surface area contributed by atoms with Crippen LogP contribution in [-0.2, 0) is 13.0 Å². The van der Waals surface area contributed by atoms with Gasteiger partial charge in [0.25, 0.3) is 0 Å². The number of rotatable bonds is 7. The van der Waals surface area contributed by atoms with Crippen molar-refractivity contribution in [3.63, 3.8) is 0 Å². The van der Waals surface area contributed by atoms with Gasteiger partial charge in [-0.15, -0.1) is 0 Å². The van der Waals surface area contributed by atoms with Crippen molar-refractivity contribution in [2.24, 2.45) is 5.73 Å². The van der Waals surface area contributed by atoms with Crippen LogP contribution < -0.4 is 11.1 Å². The van der Waals surface area contributed by atoms with Crippen LogP contribution in [0.3, 0.4) is 0 Å². The zero-order valence-electron chi connectivity index (χ0n) is 12.4. The van der Waals surface area contributed by atoms with E-state index >= 15 is 0 Å². The molecular formula is C18H22FN2. The van der Waals surface area contributed by atoms with Crippen LogP contribution in [0, 0.1) is 19.2 Å². The Hall–Kier alpha value is -1.71. The van der Waals surface area contributed by atoms with E-state index in [0.29, 0.717) is 12.0 Å². The van der Waals surface area contributed by atoms with Crippen molar-refractivity contribution in [2.45, 2.75) is 25.9 Å². The van der Waals surface area contributed by atoms with Crippen LogP contribution in [0.2, 0.25) is 0 Å². The van der Waals surface area contributed by atoms with Crippen molar-refractivity contribution in [3.05, 3.63) is 77.5 Å². The molecule has 1 radical (unpaired) electrons. The van der Waals surface area contributed by atoms with Crippen LogP contribution in [0.4, 0.5) is 4.39 Å². The SMILES string of the molecule is Cc1ccc(C[C@@H](N)[CH]CNCc2ccccc2)cc1F. The van der Waals surface area contributed by atoms with Gasteiger partial charge in [-0.1, -0.05) is 42.5 Å². The van der Waals surface area contributed by atoms with E-state index in [1.165, 1.54) is 5.56 Å². The molecule has 2 aromatic rings. The Morgan fingerprint density at radius 3 is 2.62 bits per heavy atom. The van der Waals surface area contributed by atoms with E-state index in [2.05, 4.69) is 17.4 Å². The molecular weight excluding hydrogens is 263 g/mol. The largest absolute Gasteiger partial charge is 0.327 e. The Labute approximate surface area is 126 Å². The number of hydrogen-bond acceptors (Lipinski definition) is 2. The summed E-state index contributed by atoms with van der Waals surface area (Å²) in [7, 11) is 0. The molecule has 111 valence electrons. The van der Waals surface area contributed by atoms with Crippen LogP contribution >= 0.6 is 0 Å². The fourth-order valence-electron chi connectivity index (χ4n) is 2.17. The first-order chi connectivity index (χ1) is 10.1. The van der Waals surface area contributed by atoms with Gasteiger partial charge in [0.05, 0.1) is 0 Å². The van der Waals surface area contributed by atoms with E-state index in [-0.39, 0.29) is 11.9 Å². The number of nitrogens with one attached hydrogen (secondary N) is 1. The van der Waals surface area contributed by atoms with E-state index in [1.54, 1.807) is 19.1 Å². The fraction of sp³-hybridized carbons (Fsp3) is 0.278. The molecule has 2 aromatic carbocycles. The molecule has 0 aliphatic heterocycles. The van der Waals surface area contributed by atoms with Crippen molar-refractivity contribution in [2.75, 3.05) is 6.54 Å².